The van der Waals surface area contributed by atoms with Gasteiger partial charge in [0, 0.05) is 11.3 Å². The molecule has 0 aliphatic rings. The van der Waals surface area contributed by atoms with Crippen LogP contribution in [0.25, 0.3) is 11.4 Å². The highest BCUT2D eigenvalue weighted by atomic mass is 32.2. The van der Waals surface area contributed by atoms with Crippen LogP contribution >= 0.6 is 11.8 Å². The molecule has 0 radical (unpaired) electrons. The number of hydrogen-bond acceptors (Lipinski definition) is 7. The number of aromatic nitrogens is 3. The maximum Gasteiger partial charge on any atom is 0.192 e. The Bertz CT molecular complexity index is 1090. The number of furan rings is 1. The predicted molar refractivity (Wildman–Crippen MR) is 119 cm³/mol. The summed E-state index contributed by atoms with van der Waals surface area (Å²) in [6.07, 6.45) is 1.67. The van der Waals surface area contributed by atoms with Crippen LogP contribution in [-0.2, 0) is 6.54 Å². The Balaban J connectivity index is 1.49. The molecule has 7 nitrogen and oxygen atoms in total. The van der Waals surface area contributed by atoms with Crippen LogP contribution in [0.15, 0.2) is 76.5 Å². The fourth-order valence-corrected chi connectivity index (χ4v) is 3.83. The van der Waals surface area contributed by atoms with Crippen LogP contribution in [0.2, 0.25) is 0 Å². The second-order valence-corrected chi connectivity index (χ2v) is 7.61. The molecule has 0 fully saturated rings. The highest BCUT2D eigenvalue weighted by Gasteiger charge is 2.16. The lowest BCUT2D eigenvalue weighted by Crippen LogP contribution is -2.06. The molecule has 0 aliphatic heterocycles. The first-order valence-corrected chi connectivity index (χ1v) is 10.8. The van der Waals surface area contributed by atoms with Crippen molar-refractivity contribution in [1.82, 2.24) is 14.8 Å². The molecular formula is C23H23N3O4S. The molecule has 0 amide bonds. The average molecular weight is 438 g/mol. The van der Waals surface area contributed by atoms with Crippen LogP contribution in [0.3, 0.4) is 0 Å². The fraction of sp³-hybridized carbons (Fsp3) is 0.217. The number of para-hydroxylation sites is 2. The highest BCUT2D eigenvalue weighted by Crippen LogP contribution is 2.28. The lowest BCUT2D eigenvalue weighted by Gasteiger charge is -2.11. The fourth-order valence-electron chi connectivity index (χ4n) is 3.07. The van der Waals surface area contributed by atoms with Gasteiger partial charge in [-0.2, -0.15) is 0 Å². The van der Waals surface area contributed by atoms with E-state index in [0.29, 0.717) is 18.9 Å². The Hall–Kier alpha value is -3.39. The number of hydrogen-bond donors (Lipinski definition) is 0. The molecular weight excluding hydrogens is 414 g/mol. The molecule has 0 spiro atoms. The molecule has 8 heteroatoms. The molecule has 0 N–H and O–H groups in total. The normalized spacial score (nSPS) is 10.8. The van der Waals surface area contributed by atoms with Crippen molar-refractivity contribution in [1.29, 1.82) is 0 Å². The van der Waals surface area contributed by atoms with Gasteiger partial charge >= 0.3 is 0 Å². The number of methoxy groups -OCH3 is 2. The quantitative estimate of drug-likeness (QED) is 0.261. The molecule has 0 atom stereocenters. The molecule has 2 aromatic heterocycles. The zero-order valence-electron chi connectivity index (χ0n) is 17.4. The molecule has 0 aliphatic carbocycles. The predicted octanol–water partition coefficient (Wildman–Crippen LogP) is 4.77. The van der Waals surface area contributed by atoms with E-state index >= 15 is 0 Å². The van der Waals surface area contributed by atoms with E-state index in [0.717, 1.165) is 39.6 Å². The summed E-state index contributed by atoms with van der Waals surface area (Å²) in [7, 11) is 3.28. The van der Waals surface area contributed by atoms with Crippen LogP contribution in [0, 0.1) is 0 Å². The Morgan fingerprint density at radius 1 is 0.903 bits per heavy atom. The molecule has 31 heavy (non-hydrogen) atoms. The number of thioether (sulfide) groups is 1. The van der Waals surface area contributed by atoms with Crippen molar-refractivity contribution in [3.05, 3.63) is 72.7 Å². The van der Waals surface area contributed by atoms with Gasteiger partial charge in [-0.3, -0.25) is 4.57 Å². The maximum atomic E-state index is 5.88. The standard InChI is InChI=1S/C23H23N3O4S/c1-27-18-11-9-17(10-12-18)22-24-25-23(26(22)16-19-6-5-13-29-19)31-15-14-30-21-8-4-3-7-20(21)28-2/h3-13H,14-16H2,1-2H3. The van der Waals surface area contributed by atoms with E-state index in [9.17, 15) is 0 Å². The summed E-state index contributed by atoms with van der Waals surface area (Å²) >= 11 is 1.58. The Morgan fingerprint density at radius 2 is 1.71 bits per heavy atom. The van der Waals surface area contributed by atoms with Crippen LogP contribution in [0.4, 0.5) is 0 Å². The van der Waals surface area contributed by atoms with Crippen LogP contribution in [-0.4, -0.2) is 41.3 Å². The van der Waals surface area contributed by atoms with Crippen LogP contribution in [0.1, 0.15) is 5.76 Å². The van der Waals surface area contributed by atoms with Crippen LogP contribution < -0.4 is 14.2 Å². The summed E-state index contributed by atoms with van der Waals surface area (Å²) in [4.78, 5) is 0. The first-order valence-electron chi connectivity index (χ1n) is 9.77. The van der Waals surface area contributed by atoms with Gasteiger partial charge in [0.15, 0.2) is 22.5 Å². The minimum absolute atomic E-state index is 0.510. The third kappa shape index (κ3) is 5.03. The van der Waals surface area contributed by atoms with Crippen molar-refractivity contribution in [2.24, 2.45) is 0 Å². The second kappa shape index (κ2) is 10.1. The lowest BCUT2D eigenvalue weighted by molar-refractivity contribution is 0.313. The molecule has 4 aromatic rings. The Labute approximate surface area is 185 Å². The van der Waals surface area contributed by atoms with E-state index in [-0.39, 0.29) is 0 Å². The number of nitrogens with zero attached hydrogens (tertiary/aromatic N) is 3. The molecule has 2 aromatic carbocycles. The van der Waals surface area contributed by atoms with Crippen molar-refractivity contribution in [3.63, 3.8) is 0 Å². The Kier molecular flexibility index (Phi) is 6.78. The molecule has 4 rings (SSSR count). The Morgan fingerprint density at radius 3 is 2.42 bits per heavy atom. The topological polar surface area (TPSA) is 71.5 Å². The number of benzene rings is 2. The van der Waals surface area contributed by atoms with E-state index in [1.165, 1.54) is 0 Å². The minimum Gasteiger partial charge on any atom is -0.497 e. The monoisotopic (exact) mass is 437 g/mol. The zero-order valence-corrected chi connectivity index (χ0v) is 18.2. The first-order chi connectivity index (χ1) is 15.3. The second-order valence-electron chi connectivity index (χ2n) is 6.55. The summed E-state index contributed by atoms with van der Waals surface area (Å²) < 4.78 is 24.1. The molecule has 0 unspecified atom stereocenters. The zero-order chi connectivity index (χ0) is 21.5. The molecule has 0 saturated heterocycles. The van der Waals surface area contributed by atoms with E-state index in [4.69, 9.17) is 18.6 Å². The number of rotatable bonds is 10. The van der Waals surface area contributed by atoms with E-state index in [2.05, 4.69) is 14.8 Å². The van der Waals surface area contributed by atoms with Crippen molar-refractivity contribution in [2.45, 2.75) is 11.7 Å². The summed E-state index contributed by atoms with van der Waals surface area (Å²) in [5, 5.41) is 9.65. The largest absolute Gasteiger partial charge is 0.497 e. The average Bonchev–Trinajstić information content (AvgIpc) is 3.47. The van der Waals surface area contributed by atoms with Gasteiger partial charge in [0.1, 0.15) is 11.5 Å². The van der Waals surface area contributed by atoms with Gasteiger partial charge in [-0.25, -0.2) is 0 Å². The lowest BCUT2D eigenvalue weighted by atomic mass is 10.2. The van der Waals surface area contributed by atoms with Crippen molar-refractivity contribution >= 4 is 11.8 Å². The smallest absolute Gasteiger partial charge is 0.192 e. The van der Waals surface area contributed by atoms with Gasteiger partial charge in [-0.05, 0) is 48.5 Å². The third-order valence-corrected chi connectivity index (χ3v) is 5.53. The SMILES string of the molecule is COc1ccc(-c2nnc(SCCOc3ccccc3OC)n2Cc2ccco2)cc1. The summed E-state index contributed by atoms with van der Waals surface area (Å²) in [6, 6.07) is 19.2. The van der Waals surface area contributed by atoms with E-state index in [1.807, 2.05) is 60.7 Å². The minimum atomic E-state index is 0.510. The third-order valence-electron chi connectivity index (χ3n) is 4.60. The first kappa shape index (κ1) is 20.9. The molecule has 160 valence electrons. The van der Waals surface area contributed by atoms with Crippen molar-refractivity contribution < 1.29 is 18.6 Å². The van der Waals surface area contributed by atoms with Gasteiger partial charge in [-0.1, -0.05) is 23.9 Å². The van der Waals surface area contributed by atoms with E-state index in [1.54, 1.807) is 32.2 Å². The summed E-state index contributed by atoms with van der Waals surface area (Å²) in [6.45, 7) is 1.05. The van der Waals surface area contributed by atoms with Gasteiger partial charge in [0.25, 0.3) is 0 Å². The van der Waals surface area contributed by atoms with Gasteiger partial charge in [0.2, 0.25) is 0 Å². The molecule has 0 saturated carbocycles. The van der Waals surface area contributed by atoms with Gasteiger partial charge in [0.05, 0.1) is 33.6 Å². The van der Waals surface area contributed by atoms with Gasteiger partial charge < -0.3 is 18.6 Å². The summed E-state index contributed by atoms with van der Waals surface area (Å²) in [5.74, 6) is 4.55. The van der Waals surface area contributed by atoms with Crippen molar-refractivity contribution in [3.8, 4) is 28.6 Å². The van der Waals surface area contributed by atoms with E-state index < -0.39 is 0 Å². The van der Waals surface area contributed by atoms with Crippen molar-refractivity contribution in [2.75, 3.05) is 26.6 Å². The molecule has 2 heterocycles. The summed E-state index contributed by atoms with van der Waals surface area (Å²) in [5.41, 5.74) is 0.956. The maximum absolute atomic E-state index is 5.88. The highest BCUT2D eigenvalue weighted by molar-refractivity contribution is 7.99. The number of ether oxygens (including phenoxy) is 3. The van der Waals surface area contributed by atoms with Crippen LogP contribution in [0.5, 0.6) is 17.2 Å². The van der Waals surface area contributed by atoms with Gasteiger partial charge in [-0.15, -0.1) is 10.2 Å². The molecule has 0 bridgehead atoms.